The summed E-state index contributed by atoms with van der Waals surface area (Å²) in [5.41, 5.74) is 5.91. The largest absolute Gasteiger partial charge is 0.391 e. The predicted octanol–water partition coefficient (Wildman–Crippen LogP) is 6.70. The Morgan fingerprint density at radius 3 is 2.73 bits per heavy atom. The van der Waals surface area contributed by atoms with Gasteiger partial charge in [0.2, 0.25) is 0 Å². The predicted molar refractivity (Wildman–Crippen MR) is 165 cm³/mol. The number of aliphatic hydroxyl groups excluding tert-OH is 1. The second-order valence-electron chi connectivity index (χ2n) is 13.3. The summed E-state index contributed by atoms with van der Waals surface area (Å²) in [5, 5.41) is 21.0. The lowest BCUT2D eigenvalue weighted by atomic mass is 9.59. The van der Waals surface area contributed by atoms with E-state index >= 15 is 0 Å². The van der Waals surface area contributed by atoms with Crippen LogP contribution in [0.3, 0.4) is 0 Å². The van der Waals surface area contributed by atoms with Gasteiger partial charge in [0, 0.05) is 19.2 Å². The van der Waals surface area contributed by atoms with Crippen LogP contribution in [0.5, 0.6) is 0 Å². The lowest BCUT2D eigenvalue weighted by Gasteiger charge is -2.46. The summed E-state index contributed by atoms with van der Waals surface area (Å²) in [6.07, 6.45) is 12.2. The van der Waals surface area contributed by atoms with E-state index in [4.69, 9.17) is 4.98 Å². The fourth-order valence-electron chi connectivity index (χ4n) is 8.08. The number of aromatic nitrogens is 2. The lowest BCUT2D eigenvalue weighted by Crippen LogP contribution is -2.38. The van der Waals surface area contributed by atoms with Crippen LogP contribution in [0.1, 0.15) is 99.9 Å². The molecular weight excluding hydrogens is 508 g/mol. The van der Waals surface area contributed by atoms with Gasteiger partial charge in [-0.2, -0.15) is 5.26 Å². The molecule has 41 heavy (non-hydrogen) atoms. The number of aliphatic hydroxyl groups is 1. The number of fused-ring (bicyclic) bond motifs is 3. The summed E-state index contributed by atoms with van der Waals surface area (Å²) < 4.78 is 1.70. The van der Waals surface area contributed by atoms with Crippen LogP contribution in [0.4, 0.5) is 5.69 Å². The highest BCUT2D eigenvalue weighted by atomic mass is 16.3. The number of benzene rings is 2. The summed E-state index contributed by atoms with van der Waals surface area (Å²) in [7, 11) is 2.08. The van der Waals surface area contributed by atoms with E-state index in [2.05, 4.69) is 69.1 Å². The Labute approximate surface area is 243 Å². The summed E-state index contributed by atoms with van der Waals surface area (Å²) in [6.45, 7) is 7.78. The molecule has 1 N–H and O–H groups in total. The third kappa shape index (κ3) is 4.78. The average molecular weight is 551 g/mol. The van der Waals surface area contributed by atoms with E-state index in [1.54, 1.807) is 10.9 Å². The highest BCUT2D eigenvalue weighted by molar-refractivity contribution is 5.97. The van der Waals surface area contributed by atoms with Gasteiger partial charge in [0.05, 0.1) is 41.2 Å². The Kier molecular flexibility index (Phi) is 7.28. The van der Waals surface area contributed by atoms with Gasteiger partial charge in [-0.15, -0.1) is 0 Å². The van der Waals surface area contributed by atoms with Gasteiger partial charge in [-0.1, -0.05) is 57.9 Å². The zero-order valence-electron chi connectivity index (χ0n) is 24.8. The smallest absolute Gasteiger partial charge is 0.261 e. The highest BCUT2D eigenvalue weighted by Crippen LogP contribution is 2.53. The van der Waals surface area contributed by atoms with Gasteiger partial charge >= 0.3 is 0 Å². The Hall–Kier alpha value is -3.43. The van der Waals surface area contributed by atoms with Crippen LogP contribution in [0.25, 0.3) is 17.0 Å². The standard InChI is InChI=1S/C35H42N4O2/c1-22(2)25-14-15-35(3,19-28(25)24-10-7-9-23(17-24)20-36)29-18-27-32(33-26(29)11-8-16-38(33)4)37-21-39(34(27)41)30-12-5-6-13-31(30)40/h7-11,17-18,21-22,25,28,30-31,40H,5-6,12-16,19H2,1-4H3/t25?,28?,30-,31-,35?/m0/s1. The van der Waals surface area contributed by atoms with Gasteiger partial charge in [0.1, 0.15) is 5.52 Å². The summed E-state index contributed by atoms with van der Waals surface area (Å²) in [6, 6.07) is 12.4. The van der Waals surface area contributed by atoms with Gasteiger partial charge < -0.3 is 10.0 Å². The first-order valence-electron chi connectivity index (χ1n) is 15.4. The third-order valence-corrected chi connectivity index (χ3v) is 10.4. The molecular formula is C35H42N4O2. The zero-order chi connectivity index (χ0) is 28.9. The third-order valence-electron chi connectivity index (χ3n) is 10.4. The van der Waals surface area contributed by atoms with E-state index in [0.717, 1.165) is 62.7 Å². The molecule has 0 radical (unpaired) electrons. The van der Waals surface area contributed by atoms with Crippen molar-refractivity contribution in [3.63, 3.8) is 0 Å². The van der Waals surface area contributed by atoms with Crippen LogP contribution < -0.4 is 10.5 Å². The van der Waals surface area contributed by atoms with E-state index in [0.29, 0.717) is 28.7 Å². The molecule has 0 amide bonds. The number of nitriles is 1. The maximum atomic E-state index is 14.1. The number of rotatable bonds is 4. The molecule has 3 unspecified atom stereocenters. The van der Waals surface area contributed by atoms with Gasteiger partial charge in [-0.05, 0) is 84.6 Å². The molecule has 214 valence electrons. The maximum absolute atomic E-state index is 14.1. The van der Waals surface area contributed by atoms with E-state index < -0.39 is 6.10 Å². The van der Waals surface area contributed by atoms with Crippen LogP contribution in [0, 0.1) is 23.2 Å². The second kappa shape index (κ2) is 10.8. The minimum atomic E-state index is -0.517. The Morgan fingerprint density at radius 1 is 1.17 bits per heavy atom. The molecule has 5 atom stereocenters. The van der Waals surface area contributed by atoms with Crippen LogP contribution >= 0.6 is 0 Å². The molecule has 2 heterocycles. The van der Waals surface area contributed by atoms with Crippen LogP contribution in [-0.4, -0.2) is 34.4 Å². The first-order valence-corrected chi connectivity index (χ1v) is 15.4. The second-order valence-corrected chi connectivity index (χ2v) is 13.3. The quantitative estimate of drug-likeness (QED) is 0.391. The molecule has 6 rings (SSSR count). The van der Waals surface area contributed by atoms with Crippen molar-refractivity contribution >= 4 is 22.7 Å². The molecule has 0 saturated heterocycles. The molecule has 2 aromatic carbocycles. The Bertz CT molecular complexity index is 1600. The Morgan fingerprint density at radius 2 is 1.98 bits per heavy atom. The van der Waals surface area contributed by atoms with Crippen molar-refractivity contribution in [2.24, 2.45) is 11.8 Å². The average Bonchev–Trinajstić information content (AvgIpc) is 2.97. The van der Waals surface area contributed by atoms with Gasteiger partial charge in [-0.3, -0.25) is 9.36 Å². The molecule has 3 aromatic rings. The van der Waals surface area contributed by atoms with Crippen molar-refractivity contribution < 1.29 is 5.11 Å². The van der Waals surface area contributed by atoms with Crippen molar-refractivity contribution in [2.45, 2.75) is 89.2 Å². The summed E-state index contributed by atoms with van der Waals surface area (Å²) >= 11 is 0. The summed E-state index contributed by atoms with van der Waals surface area (Å²) in [4.78, 5) is 21.2. The molecule has 6 heteroatoms. The van der Waals surface area contributed by atoms with E-state index in [1.165, 1.54) is 16.7 Å². The minimum Gasteiger partial charge on any atom is -0.391 e. The number of anilines is 1. The fourth-order valence-corrected chi connectivity index (χ4v) is 8.08. The van der Waals surface area contributed by atoms with E-state index in [-0.39, 0.29) is 17.0 Å². The molecule has 1 aliphatic heterocycles. The molecule has 2 saturated carbocycles. The molecule has 2 aliphatic carbocycles. The van der Waals surface area contributed by atoms with Crippen molar-refractivity contribution in [3.8, 4) is 6.07 Å². The van der Waals surface area contributed by atoms with Gasteiger partial charge in [0.15, 0.2) is 0 Å². The lowest BCUT2D eigenvalue weighted by molar-refractivity contribution is 0.0735. The van der Waals surface area contributed by atoms with E-state index in [9.17, 15) is 15.2 Å². The maximum Gasteiger partial charge on any atom is 0.261 e. The monoisotopic (exact) mass is 550 g/mol. The molecule has 2 fully saturated rings. The number of nitrogens with zero attached hydrogens (tertiary/aromatic N) is 4. The SMILES string of the molecule is CC(C)C1CCC(C)(c2cc3c(=O)n([C@H]4CCCC[C@@H]4O)cnc3c3c2C=CCN3C)CC1c1cccc(C#N)c1. The molecule has 0 bridgehead atoms. The van der Waals surface area contributed by atoms with Crippen LogP contribution in [0.15, 0.2) is 47.5 Å². The molecule has 3 aliphatic rings. The minimum absolute atomic E-state index is 0.0503. The fraction of sp³-hybridized carbons (Fsp3) is 0.514. The number of hydrogen-bond donors (Lipinski definition) is 1. The first-order chi connectivity index (χ1) is 19.7. The van der Waals surface area contributed by atoms with Crippen LogP contribution in [-0.2, 0) is 5.41 Å². The molecule has 6 nitrogen and oxygen atoms in total. The van der Waals surface area contributed by atoms with Gasteiger partial charge in [-0.25, -0.2) is 4.98 Å². The van der Waals surface area contributed by atoms with Crippen molar-refractivity contribution in [1.82, 2.24) is 9.55 Å². The Balaban J connectivity index is 1.52. The van der Waals surface area contributed by atoms with Gasteiger partial charge in [0.25, 0.3) is 5.56 Å². The topological polar surface area (TPSA) is 82.2 Å². The van der Waals surface area contributed by atoms with Crippen molar-refractivity contribution in [1.29, 1.82) is 5.26 Å². The molecule has 0 spiro atoms. The summed E-state index contributed by atoms with van der Waals surface area (Å²) in [5.74, 6) is 1.38. The van der Waals surface area contributed by atoms with E-state index in [1.807, 2.05) is 12.1 Å². The zero-order valence-corrected chi connectivity index (χ0v) is 24.8. The molecule has 1 aromatic heterocycles. The van der Waals surface area contributed by atoms with Crippen LogP contribution in [0.2, 0.25) is 0 Å². The highest BCUT2D eigenvalue weighted by Gasteiger charge is 2.42. The number of hydrogen-bond acceptors (Lipinski definition) is 5. The first kappa shape index (κ1) is 27.7. The van der Waals surface area contributed by atoms with Crippen molar-refractivity contribution in [3.05, 3.63) is 75.3 Å². The normalized spacial score (nSPS) is 28.1. The van der Waals surface area contributed by atoms with Crippen molar-refractivity contribution in [2.75, 3.05) is 18.5 Å². The number of likely N-dealkylation sites (N-methyl/N-ethyl adjacent to an activating group) is 1.